The summed E-state index contributed by atoms with van der Waals surface area (Å²) in [7, 11) is 0. The maximum absolute atomic E-state index is 11.9. The van der Waals surface area contributed by atoms with E-state index in [2.05, 4.69) is 5.32 Å². The molecule has 6 heteroatoms. The fraction of sp³-hybridized carbons (Fsp3) is 0.176. The van der Waals surface area contributed by atoms with Crippen molar-refractivity contribution in [3.63, 3.8) is 0 Å². The lowest BCUT2D eigenvalue weighted by molar-refractivity contribution is -0.119. The number of benzene rings is 2. The third-order valence-electron chi connectivity index (χ3n) is 3.36. The van der Waals surface area contributed by atoms with E-state index in [1.807, 2.05) is 26.0 Å². The molecule has 1 amide bonds. The highest BCUT2D eigenvalue weighted by molar-refractivity contribution is 6.31. The maximum atomic E-state index is 11.9. The first-order valence-electron chi connectivity index (χ1n) is 6.96. The Kier molecular flexibility index (Phi) is 5.24. The summed E-state index contributed by atoms with van der Waals surface area (Å²) in [4.78, 5) is 23.7. The zero-order valence-electron chi connectivity index (χ0n) is 12.9. The summed E-state index contributed by atoms with van der Waals surface area (Å²) >= 11 is 5.77. The molecule has 0 saturated heterocycles. The van der Waals surface area contributed by atoms with Gasteiger partial charge in [-0.2, -0.15) is 0 Å². The number of rotatable bonds is 4. The van der Waals surface area contributed by atoms with E-state index in [1.165, 1.54) is 18.2 Å². The van der Waals surface area contributed by atoms with Crippen molar-refractivity contribution in [2.75, 3.05) is 17.7 Å². The Hall–Kier alpha value is -2.53. The minimum absolute atomic E-state index is 0.174. The largest absolute Gasteiger partial charge is 0.452 e. The monoisotopic (exact) mass is 332 g/mol. The van der Waals surface area contributed by atoms with Crippen LogP contribution in [-0.2, 0) is 9.53 Å². The lowest BCUT2D eigenvalue weighted by Crippen LogP contribution is -2.21. The Morgan fingerprint density at radius 3 is 2.52 bits per heavy atom. The van der Waals surface area contributed by atoms with Gasteiger partial charge in [0, 0.05) is 16.4 Å². The molecule has 0 bridgehead atoms. The van der Waals surface area contributed by atoms with Gasteiger partial charge in [-0.25, -0.2) is 4.79 Å². The summed E-state index contributed by atoms with van der Waals surface area (Å²) < 4.78 is 4.96. The van der Waals surface area contributed by atoms with Crippen LogP contribution in [0.4, 0.5) is 11.4 Å². The molecule has 2 rings (SSSR count). The standard InChI is InChI=1S/C17H17ClN2O3/c1-10-3-5-13(7-11(10)2)20-16(21)9-23-17(22)14-6-4-12(18)8-15(14)19/h3-8H,9,19H2,1-2H3,(H,20,21). The Labute approximate surface area is 139 Å². The van der Waals surface area contributed by atoms with Gasteiger partial charge in [0.1, 0.15) is 0 Å². The summed E-state index contributed by atoms with van der Waals surface area (Å²) in [5, 5.41) is 3.09. The first kappa shape index (κ1) is 16.8. The van der Waals surface area contributed by atoms with Crippen molar-refractivity contribution < 1.29 is 14.3 Å². The third kappa shape index (κ3) is 4.47. The van der Waals surface area contributed by atoms with Crippen LogP contribution in [0.2, 0.25) is 5.02 Å². The van der Waals surface area contributed by atoms with Crippen LogP contribution >= 0.6 is 11.6 Å². The summed E-state index contributed by atoms with van der Waals surface area (Å²) in [6.07, 6.45) is 0. The van der Waals surface area contributed by atoms with Crippen LogP contribution in [-0.4, -0.2) is 18.5 Å². The second kappa shape index (κ2) is 7.15. The molecule has 0 spiro atoms. The van der Waals surface area contributed by atoms with Crippen molar-refractivity contribution in [3.8, 4) is 0 Å². The number of halogens is 1. The van der Waals surface area contributed by atoms with Crippen molar-refractivity contribution in [3.05, 3.63) is 58.1 Å². The van der Waals surface area contributed by atoms with E-state index in [0.29, 0.717) is 10.7 Å². The smallest absolute Gasteiger partial charge is 0.340 e. The number of amides is 1. The number of hydrogen-bond acceptors (Lipinski definition) is 4. The predicted octanol–water partition coefficient (Wildman–Crippen LogP) is 3.33. The van der Waals surface area contributed by atoms with Crippen LogP contribution in [0.5, 0.6) is 0 Å². The van der Waals surface area contributed by atoms with Gasteiger partial charge in [-0.1, -0.05) is 17.7 Å². The molecule has 0 fully saturated rings. The minimum atomic E-state index is -0.672. The molecule has 2 aromatic carbocycles. The number of nitrogens with two attached hydrogens (primary N) is 1. The number of esters is 1. The molecule has 0 aromatic heterocycles. The van der Waals surface area contributed by atoms with Crippen LogP contribution in [0.3, 0.4) is 0 Å². The second-order valence-electron chi connectivity index (χ2n) is 5.15. The number of hydrogen-bond donors (Lipinski definition) is 2. The van der Waals surface area contributed by atoms with Gasteiger partial charge in [-0.15, -0.1) is 0 Å². The number of ether oxygens (including phenoxy) is 1. The fourth-order valence-corrected chi connectivity index (χ4v) is 2.13. The van der Waals surface area contributed by atoms with Crippen molar-refractivity contribution in [1.29, 1.82) is 0 Å². The molecule has 2 aromatic rings. The molecule has 5 nitrogen and oxygen atoms in total. The SMILES string of the molecule is Cc1ccc(NC(=O)COC(=O)c2ccc(Cl)cc2N)cc1C. The molecular formula is C17H17ClN2O3. The third-order valence-corrected chi connectivity index (χ3v) is 3.59. The van der Waals surface area contributed by atoms with Gasteiger partial charge in [-0.05, 0) is 55.3 Å². The van der Waals surface area contributed by atoms with Crippen molar-refractivity contribution >= 4 is 34.9 Å². The molecular weight excluding hydrogens is 316 g/mol. The van der Waals surface area contributed by atoms with E-state index >= 15 is 0 Å². The number of carbonyl (C=O) groups is 2. The van der Waals surface area contributed by atoms with Gasteiger partial charge in [0.25, 0.3) is 5.91 Å². The molecule has 0 radical (unpaired) electrons. The van der Waals surface area contributed by atoms with Crippen LogP contribution in [0.25, 0.3) is 0 Å². The molecule has 0 unspecified atom stereocenters. The van der Waals surface area contributed by atoms with Crippen molar-refractivity contribution in [1.82, 2.24) is 0 Å². The lowest BCUT2D eigenvalue weighted by atomic mass is 10.1. The molecule has 0 aliphatic carbocycles. The number of nitrogens with one attached hydrogen (secondary N) is 1. The van der Waals surface area contributed by atoms with Gasteiger partial charge in [0.15, 0.2) is 6.61 Å². The van der Waals surface area contributed by atoms with Crippen LogP contribution in [0.15, 0.2) is 36.4 Å². The van der Waals surface area contributed by atoms with E-state index in [1.54, 1.807) is 6.07 Å². The number of aryl methyl sites for hydroxylation is 2. The summed E-state index contributed by atoms with van der Waals surface area (Å²) in [5.41, 5.74) is 8.93. The molecule has 3 N–H and O–H groups in total. The molecule has 0 atom stereocenters. The van der Waals surface area contributed by atoms with Crippen LogP contribution in [0.1, 0.15) is 21.5 Å². The van der Waals surface area contributed by atoms with E-state index in [0.717, 1.165) is 11.1 Å². The highest BCUT2D eigenvalue weighted by atomic mass is 35.5. The fourth-order valence-electron chi connectivity index (χ4n) is 1.94. The quantitative estimate of drug-likeness (QED) is 0.664. The maximum Gasteiger partial charge on any atom is 0.340 e. The van der Waals surface area contributed by atoms with E-state index in [4.69, 9.17) is 22.1 Å². The van der Waals surface area contributed by atoms with Crippen molar-refractivity contribution in [2.45, 2.75) is 13.8 Å². The normalized spacial score (nSPS) is 10.2. The molecule has 0 aliphatic rings. The minimum Gasteiger partial charge on any atom is -0.452 e. The molecule has 120 valence electrons. The topological polar surface area (TPSA) is 81.4 Å². The Morgan fingerprint density at radius 2 is 1.87 bits per heavy atom. The van der Waals surface area contributed by atoms with Gasteiger partial charge >= 0.3 is 5.97 Å². The van der Waals surface area contributed by atoms with E-state index in [-0.39, 0.29) is 11.3 Å². The number of carbonyl (C=O) groups excluding carboxylic acids is 2. The average Bonchev–Trinajstić information content (AvgIpc) is 2.48. The first-order valence-corrected chi connectivity index (χ1v) is 7.34. The molecule has 23 heavy (non-hydrogen) atoms. The Morgan fingerprint density at radius 1 is 1.13 bits per heavy atom. The zero-order chi connectivity index (χ0) is 17.0. The van der Waals surface area contributed by atoms with Gasteiger partial charge < -0.3 is 15.8 Å². The second-order valence-corrected chi connectivity index (χ2v) is 5.59. The first-order chi connectivity index (χ1) is 10.9. The summed E-state index contributed by atoms with van der Waals surface area (Å²) in [5.74, 6) is -1.09. The summed E-state index contributed by atoms with van der Waals surface area (Å²) in [6.45, 7) is 3.54. The zero-order valence-corrected chi connectivity index (χ0v) is 13.6. The predicted molar refractivity (Wildman–Crippen MR) is 90.7 cm³/mol. The van der Waals surface area contributed by atoms with Gasteiger partial charge in [0.05, 0.1) is 5.56 Å². The molecule has 0 heterocycles. The Bertz CT molecular complexity index is 759. The Balaban J connectivity index is 1.93. The van der Waals surface area contributed by atoms with Crippen molar-refractivity contribution in [2.24, 2.45) is 0 Å². The number of nitrogen functional groups attached to an aromatic ring is 1. The highest BCUT2D eigenvalue weighted by Crippen LogP contribution is 2.19. The lowest BCUT2D eigenvalue weighted by Gasteiger charge is -2.09. The number of anilines is 2. The van der Waals surface area contributed by atoms with Crippen LogP contribution < -0.4 is 11.1 Å². The molecule has 0 aliphatic heterocycles. The molecule has 0 saturated carbocycles. The van der Waals surface area contributed by atoms with Gasteiger partial charge in [0.2, 0.25) is 0 Å². The van der Waals surface area contributed by atoms with E-state index in [9.17, 15) is 9.59 Å². The summed E-state index contributed by atoms with van der Waals surface area (Å²) in [6, 6.07) is 10.00. The van der Waals surface area contributed by atoms with Crippen LogP contribution in [0, 0.1) is 13.8 Å². The average molecular weight is 333 g/mol. The van der Waals surface area contributed by atoms with E-state index < -0.39 is 18.5 Å². The highest BCUT2D eigenvalue weighted by Gasteiger charge is 2.13. The van der Waals surface area contributed by atoms with Gasteiger partial charge in [-0.3, -0.25) is 4.79 Å².